The lowest BCUT2D eigenvalue weighted by Crippen LogP contribution is -2.36. The minimum atomic E-state index is -0.0835. The molecule has 0 atom stereocenters. The summed E-state index contributed by atoms with van der Waals surface area (Å²) >= 11 is 5.90. The van der Waals surface area contributed by atoms with E-state index in [0.29, 0.717) is 18.0 Å². The van der Waals surface area contributed by atoms with Gasteiger partial charge in [0.2, 0.25) is 11.2 Å². The zero-order valence-electron chi connectivity index (χ0n) is 10.8. The molecule has 0 unspecified atom stereocenters. The Labute approximate surface area is 115 Å². The van der Waals surface area contributed by atoms with Gasteiger partial charge in [-0.15, -0.1) is 0 Å². The number of nitrogens with zero attached hydrogens (tertiary/aromatic N) is 4. The highest BCUT2D eigenvalue weighted by Gasteiger charge is 2.17. The van der Waals surface area contributed by atoms with Crippen molar-refractivity contribution in [3.63, 3.8) is 0 Å². The van der Waals surface area contributed by atoms with Crippen LogP contribution in [0.4, 0.5) is 5.82 Å². The SMILES string of the molecule is CCCN(CC(=O)NC)c1nc(Cl)nc2[nH]ncc12. The van der Waals surface area contributed by atoms with Gasteiger partial charge in [0.15, 0.2) is 5.65 Å². The van der Waals surface area contributed by atoms with E-state index >= 15 is 0 Å². The molecule has 102 valence electrons. The molecule has 2 heterocycles. The topological polar surface area (TPSA) is 86.8 Å². The molecule has 0 aliphatic rings. The van der Waals surface area contributed by atoms with Crippen LogP contribution in [0.3, 0.4) is 0 Å². The number of fused-ring (bicyclic) bond motifs is 1. The third kappa shape index (κ3) is 2.93. The molecule has 0 radical (unpaired) electrons. The number of aromatic nitrogens is 4. The van der Waals surface area contributed by atoms with E-state index < -0.39 is 0 Å². The second-order valence-electron chi connectivity index (χ2n) is 4.04. The van der Waals surface area contributed by atoms with Crippen LogP contribution in [0, 0.1) is 0 Å². The highest BCUT2D eigenvalue weighted by atomic mass is 35.5. The van der Waals surface area contributed by atoms with E-state index in [-0.39, 0.29) is 17.7 Å². The number of carbonyl (C=O) groups is 1. The van der Waals surface area contributed by atoms with Gasteiger partial charge in [-0.25, -0.2) is 0 Å². The molecule has 0 spiro atoms. The van der Waals surface area contributed by atoms with Gasteiger partial charge in [0.25, 0.3) is 0 Å². The lowest BCUT2D eigenvalue weighted by atomic mass is 10.3. The average molecular weight is 283 g/mol. The van der Waals surface area contributed by atoms with Crippen molar-refractivity contribution in [2.75, 3.05) is 25.0 Å². The van der Waals surface area contributed by atoms with Crippen molar-refractivity contribution in [3.05, 3.63) is 11.5 Å². The molecule has 8 heteroatoms. The van der Waals surface area contributed by atoms with Crippen molar-refractivity contribution in [3.8, 4) is 0 Å². The molecule has 0 aliphatic carbocycles. The third-order valence-corrected chi connectivity index (χ3v) is 2.84. The van der Waals surface area contributed by atoms with Gasteiger partial charge in [0.1, 0.15) is 5.82 Å². The summed E-state index contributed by atoms with van der Waals surface area (Å²) in [4.78, 5) is 21.7. The predicted octanol–water partition coefficient (Wildman–Crippen LogP) is 0.969. The summed E-state index contributed by atoms with van der Waals surface area (Å²) in [5, 5.41) is 10.2. The van der Waals surface area contributed by atoms with E-state index in [0.717, 1.165) is 11.8 Å². The van der Waals surface area contributed by atoms with Crippen molar-refractivity contribution in [1.29, 1.82) is 0 Å². The third-order valence-electron chi connectivity index (χ3n) is 2.67. The van der Waals surface area contributed by atoms with Crippen molar-refractivity contribution >= 4 is 34.4 Å². The summed E-state index contributed by atoms with van der Waals surface area (Å²) in [5.74, 6) is 0.536. The molecule has 2 aromatic heterocycles. The van der Waals surface area contributed by atoms with Gasteiger partial charge in [-0.2, -0.15) is 15.1 Å². The maximum Gasteiger partial charge on any atom is 0.239 e. The summed E-state index contributed by atoms with van der Waals surface area (Å²) in [6.45, 7) is 2.95. The van der Waals surface area contributed by atoms with Crippen LogP contribution < -0.4 is 10.2 Å². The fraction of sp³-hybridized carbons (Fsp3) is 0.455. The Morgan fingerprint density at radius 3 is 3.00 bits per heavy atom. The van der Waals surface area contributed by atoms with Gasteiger partial charge in [-0.1, -0.05) is 6.92 Å². The van der Waals surface area contributed by atoms with Crippen LogP contribution >= 0.6 is 11.6 Å². The van der Waals surface area contributed by atoms with E-state index in [9.17, 15) is 4.79 Å². The van der Waals surface area contributed by atoms with Crippen molar-refractivity contribution < 1.29 is 4.79 Å². The molecular formula is C11H15ClN6O. The predicted molar refractivity (Wildman–Crippen MR) is 73.3 cm³/mol. The van der Waals surface area contributed by atoms with E-state index in [4.69, 9.17) is 11.6 Å². The van der Waals surface area contributed by atoms with Crippen LogP contribution in [-0.2, 0) is 4.79 Å². The Hall–Kier alpha value is -1.89. The Balaban J connectivity index is 2.42. The molecular weight excluding hydrogens is 268 g/mol. The Morgan fingerprint density at radius 2 is 2.32 bits per heavy atom. The monoisotopic (exact) mass is 282 g/mol. The highest BCUT2D eigenvalue weighted by Crippen LogP contribution is 2.23. The maximum absolute atomic E-state index is 11.6. The fourth-order valence-corrected chi connectivity index (χ4v) is 1.98. The molecule has 0 aliphatic heterocycles. The molecule has 0 saturated heterocycles. The number of nitrogens with one attached hydrogen (secondary N) is 2. The first-order valence-electron chi connectivity index (χ1n) is 5.97. The zero-order chi connectivity index (χ0) is 13.8. The smallest absolute Gasteiger partial charge is 0.239 e. The molecule has 1 amide bonds. The molecule has 2 N–H and O–H groups in total. The quantitative estimate of drug-likeness (QED) is 0.798. The summed E-state index contributed by atoms with van der Waals surface area (Å²) in [6, 6.07) is 0. The van der Waals surface area contributed by atoms with Crippen molar-refractivity contribution in [2.45, 2.75) is 13.3 Å². The molecule has 19 heavy (non-hydrogen) atoms. The molecule has 7 nitrogen and oxygen atoms in total. The largest absolute Gasteiger partial charge is 0.358 e. The normalized spacial score (nSPS) is 10.7. The number of aromatic amines is 1. The van der Waals surface area contributed by atoms with Gasteiger partial charge in [-0.3, -0.25) is 9.89 Å². The van der Waals surface area contributed by atoms with Gasteiger partial charge in [0.05, 0.1) is 18.1 Å². The summed E-state index contributed by atoms with van der Waals surface area (Å²) in [5.41, 5.74) is 0.563. The number of carbonyl (C=O) groups excluding carboxylic acids is 1. The van der Waals surface area contributed by atoms with E-state index in [2.05, 4.69) is 25.5 Å². The summed E-state index contributed by atoms with van der Waals surface area (Å²) in [7, 11) is 1.60. The van der Waals surface area contributed by atoms with Crippen LogP contribution in [0.1, 0.15) is 13.3 Å². The van der Waals surface area contributed by atoms with Gasteiger partial charge in [0, 0.05) is 13.6 Å². The second kappa shape index (κ2) is 5.83. The number of halogens is 1. The summed E-state index contributed by atoms with van der Waals surface area (Å²) in [6.07, 6.45) is 2.52. The number of hydrogen-bond donors (Lipinski definition) is 2. The average Bonchev–Trinajstić information content (AvgIpc) is 2.85. The van der Waals surface area contributed by atoms with Crippen LogP contribution in [-0.4, -0.2) is 46.2 Å². The highest BCUT2D eigenvalue weighted by molar-refractivity contribution is 6.28. The van der Waals surface area contributed by atoms with Crippen LogP contribution in [0.5, 0.6) is 0 Å². The number of likely N-dealkylation sites (N-methyl/N-ethyl adjacent to an activating group) is 1. The number of rotatable bonds is 5. The Kier molecular flexibility index (Phi) is 4.16. The standard InChI is InChI=1S/C11H15ClN6O/c1-3-4-18(6-8(19)13-2)10-7-5-14-17-9(7)15-11(12)16-10/h5H,3-4,6H2,1-2H3,(H,13,19)(H,14,15,16,17). The molecule has 0 bridgehead atoms. The van der Waals surface area contributed by atoms with Gasteiger partial charge in [-0.05, 0) is 18.0 Å². The Bertz CT molecular complexity index is 584. The summed E-state index contributed by atoms with van der Waals surface area (Å²) < 4.78 is 0. The first kappa shape index (κ1) is 13.5. The number of hydrogen-bond acceptors (Lipinski definition) is 5. The van der Waals surface area contributed by atoms with Gasteiger partial charge >= 0.3 is 0 Å². The molecule has 2 rings (SSSR count). The van der Waals surface area contributed by atoms with Crippen LogP contribution in [0.15, 0.2) is 6.20 Å². The fourth-order valence-electron chi connectivity index (χ4n) is 1.82. The Morgan fingerprint density at radius 1 is 1.53 bits per heavy atom. The first-order valence-corrected chi connectivity index (χ1v) is 6.35. The zero-order valence-corrected chi connectivity index (χ0v) is 11.5. The van der Waals surface area contributed by atoms with Crippen molar-refractivity contribution in [1.82, 2.24) is 25.5 Å². The second-order valence-corrected chi connectivity index (χ2v) is 4.38. The van der Waals surface area contributed by atoms with Crippen molar-refractivity contribution in [2.24, 2.45) is 0 Å². The molecule has 2 aromatic rings. The molecule has 0 aromatic carbocycles. The number of anilines is 1. The lowest BCUT2D eigenvalue weighted by Gasteiger charge is -2.22. The first-order chi connectivity index (χ1) is 9.15. The van der Waals surface area contributed by atoms with Crippen LogP contribution in [0.25, 0.3) is 11.0 Å². The van der Waals surface area contributed by atoms with Crippen LogP contribution in [0.2, 0.25) is 5.28 Å². The lowest BCUT2D eigenvalue weighted by molar-refractivity contribution is -0.119. The molecule has 0 saturated carbocycles. The minimum Gasteiger partial charge on any atom is -0.358 e. The van der Waals surface area contributed by atoms with E-state index in [1.807, 2.05) is 11.8 Å². The number of amides is 1. The van der Waals surface area contributed by atoms with E-state index in [1.54, 1.807) is 13.2 Å². The maximum atomic E-state index is 11.6. The number of H-pyrrole nitrogens is 1. The van der Waals surface area contributed by atoms with E-state index in [1.165, 1.54) is 0 Å². The molecule has 0 fully saturated rings. The van der Waals surface area contributed by atoms with Gasteiger partial charge < -0.3 is 10.2 Å². The minimum absolute atomic E-state index is 0.0835.